The van der Waals surface area contributed by atoms with Crippen LogP contribution in [0.5, 0.6) is 0 Å². The van der Waals surface area contributed by atoms with Gasteiger partial charge in [0.15, 0.2) is 21.5 Å². The lowest BCUT2D eigenvalue weighted by molar-refractivity contribution is -0.128. The summed E-state index contributed by atoms with van der Waals surface area (Å²) in [6.45, 7) is 15.7. The molecule has 1 amide bonds. The summed E-state index contributed by atoms with van der Waals surface area (Å²) < 4.78 is 59.2. The average Bonchev–Trinajstić information content (AvgIpc) is 2.95. The molecule has 10 nitrogen and oxygen atoms in total. The Balaban J connectivity index is 2.06. The second kappa shape index (κ2) is 12.7. The minimum absolute atomic E-state index is 0.0261. The normalized spacial score (nSPS) is 19.0. The zero-order valence-corrected chi connectivity index (χ0v) is 27.7. The van der Waals surface area contributed by atoms with Gasteiger partial charge in [-0.15, -0.1) is 4.40 Å². The molecule has 0 spiro atoms. The second-order valence-corrected chi connectivity index (χ2v) is 14.7. The van der Waals surface area contributed by atoms with E-state index in [1.807, 2.05) is 37.8 Å². The fourth-order valence-electron chi connectivity index (χ4n) is 5.41. The molecule has 1 fully saturated rings. The lowest BCUT2D eigenvalue weighted by atomic mass is 10.0. The highest BCUT2D eigenvalue weighted by molar-refractivity contribution is 7.95. The first kappa shape index (κ1) is 33.2. The van der Waals surface area contributed by atoms with E-state index >= 15 is 0 Å². The molecule has 2 aliphatic heterocycles. The van der Waals surface area contributed by atoms with E-state index in [2.05, 4.69) is 17.6 Å². The molecule has 0 radical (unpaired) electrons. The number of aromatic nitrogens is 1. The number of amides is 1. The van der Waals surface area contributed by atoms with Gasteiger partial charge < -0.3 is 9.80 Å². The van der Waals surface area contributed by atoms with E-state index in [1.54, 1.807) is 42.2 Å². The minimum atomic E-state index is -4.42. The van der Waals surface area contributed by atoms with Crippen LogP contribution >= 0.6 is 11.6 Å². The van der Waals surface area contributed by atoms with Crippen molar-refractivity contribution in [2.45, 2.75) is 39.7 Å². The number of benzene rings is 1. The third-order valence-electron chi connectivity index (χ3n) is 7.42. The van der Waals surface area contributed by atoms with Gasteiger partial charge in [0.1, 0.15) is 0 Å². The molecule has 4 rings (SSSR count). The number of rotatable bonds is 7. The van der Waals surface area contributed by atoms with E-state index in [1.165, 1.54) is 12.2 Å². The van der Waals surface area contributed by atoms with Crippen LogP contribution in [0.4, 0.5) is 11.5 Å². The molecule has 44 heavy (non-hydrogen) atoms. The minimum Gasteiger partial charge on any atom is -0.349 e. The Morgan fingerprint density at radius 2 is 1.84 bits per heavy atom. The van der Waals surface area contributed by atoms with Crippen LogP contribution in [0, 0.1) is 0 Å². The summed E-state index contributed by atoms with van der Waals surface area (Å²) in [7, 11) is -8.19. The second-order valence-electron chi connectivity index (χ2n) is 10.8. The number of halogens is 1. The first-order valence-corrected chi connectivity index (χ1v) is 17.7. The summed E-state index contributed by atoms with van der Waals surface area (Å²) in [4.78, 5) is 20.5. The van der Waals surface area contributed by atoms with Gasteiger partial charge in [-0.25, -0.2) is 17.7 Å². The first-order chi connectivity index (χ1) is 20.7. The van der Waals surface area contributed by atoms with Crippen molar-refractivity contribution in [3.63, 3.8) is 0 Å². The lowest BCUT2D eigenvalue weighted by Gasteiger charge is -2.42. The average molecular weight is 658 g/mol. The number of carbonyl (C=O) groups is 1. The maximum atomic E-state index is 14.2. The van der Waals surface area contributed by atoms with Crippen molar-refractivity contribution in [1.29, 1.82) is 0 Å². The van der Waals surface area contributed by atoms with E-state index in [-0.39, 0.29) is 50.7 Å². The Kier molecular flexibility index (Phi) is 9.57. The number of fused-ring (bicyclic) bond motifs is 1. The van der Waals surface area contributed by atoms with Crippen LogP contribution < -0.4 is 4.31 Å². The van der Waals surface area contributed by atoms with Crippen LogP contribution in [0.15, 0.2) is 77.1 Å². The number of para-hydroxylation sites is 1. The van der Waals surface area contributed by atoms with E-state index in [0.717, 1.165) is 16.1 Å². The molecule has 1 atom stereocenters. The molecule has 1 aromatic heterocycles. The maximum absolute atomic E-state index is 14.2. The summed E-state index contributed by atoms with van der Waals surface area (Å²) in [5.74, 6) is -0.0963. The summed E-state index contributed by atoms with van der Waals surface area (Å²) in [5.41, 5.74) is 1.70. The number of anilines is 2. The zero-order chi connectivity index (χ0) is 32.6. The Bertz CT molecular complexity index is 1830. The monoisotopic (exact) mass is 657 g/mol. The molecular weight excluding hydrogens is 622 g/mol. The molecule has 2 aromatic rings. The zero-order valence-electron chi connectivity index (χ0n) is 25.4. The Labute approximate surface area is 264 Å². The Morgan fingerprint density at radius 3 is 2.41 bits per heavy atom. The number of sulfone groups is 1. The van der Waals surface area contributed by atoms with E-state index in [4.69, 9.17) is 16.6 Å². The van der Waals surface area contributed by atoms with E-state index in [0.29, 0.717) is 30.9 Å². The van der Waals surface area contributed by atoms with Crippen molar-refractivity contribution in [2.24, 2.45) is 4.40 Å². The molecule has 0 aliphatic carbocycles. The van der Waals surface area contributed by atoms with Crippen LogP contribution in [0.3, 0.4) is 0 Å². The predicted molar refractivity (Wildman–Crippen MR) is 177 cm³/mol. The standard InChI is InChI=1S/C31H36ClN5O5S2/c1-8-13-23(27(9-2)43(7,39)40)29-25(32)18-24-30(33-29)37(26-15-12-11-14-22(26)20(4)5)44(41,42)34-31(24)36-17-16-35(19-21(36)6)28(38)10-3/h8-15,18,20-21H,2-3,16-17,19H2,1,4-7H3/b13-8-,27-23-/t21-/m0/s1. The molecular formula is C31H36ClN5O5S2. The van der Waals surface area contributed by atoms with Crippen LogP contribution in [-0.2, 0) is 24.8 Å². The summed E-state index contributed by atoms with van der Waals surface area (Å²) in [6, 6.07) is 8.34. The highest BCUT2D eigenvalue weighted by Crippen LogP contribution is 2.42. The smallest absolute Gasteiger partial charge is 0.349 e. The van der Waals surface area contributed by atoms with Crippen molar-refractivity contribution in [1.82, 2.24) is 14.8 Å². The maximum Gasteiger partial charge on any atom is 0.352 e. The fourth-order valence-corrected chi connectivity index (χ4v) is 7.81. The topological polar surface area (TPSA) is 120 Å². The van der Waals surface area contributed by atoms with Crippen LogP contribution in [0.2, 0.25) is 5.02 Å². The molecule has 1 saturated heterocycles. The van der Waals surface area contributed by atoms with Crippen molar-refractivity contribution < 1.29 is 21.6 Å². The predicted octanol–water partition coefficient (Wildman–Crippen LogP) is 5.24. The van der Waals surface area contributed by atoms with Gasteiger partial charge in [0.05, 0.1) is 26.9 Å². The van der Waals surface area contributed by atoms with Gasteiger partial charge in [-0.2, -0.15) is 8.42 Å². The molecule has 234 valence electrons. The van der Waals surface area contributed by atoms with Gasteiger partial charge in [0, 0.05) is 37.5 Å². The highest BCUT2D eigenvalue weighted by Gasteiger charge is 2.40. The van der Waals surface area contributed by atoms with Crippen LogP contribution in [-0.4, -0.2) is 75.3 Å². The van der Waals surface area contributed by atoms with Gasteiger partial charge in [0.25, 0.3) is 0 Å². The van der Waals surface area contributed by atoms with Gasteiger partial charge >= 0.3 is 10.2 Å². The van der Waals surface area contributed by atoms with Crippen LogP contribution in [0.1, 0.15) is 50.4 Å². The molecule has 3 heterocycles. The number of hydrogen-bond acceptors (Lipinski definition) is 7. The fraction of sp³-hybridized carbons (Fsp3) is 0.323. The van der Waals surface area contributed by atoms with Crippen molar-refractivity contribution in [2.75, 3.05) is 30.2 Å². The number of allylic oxidation sites excluding steroid dienone is 4. The lowest BCUT2D eigenvalue weighted by Crippen LogP contribution is -2.56. The molecule has 13 heteroatoms. The molecule has 2 aliphatic rings. The van der Waals surface area contributed by atoms with Crippen molar-refractivity contribution in [3.05, 3.63) is 94.5 Å². The van der Waals surface area contributed by atoms with E-state index in [9.17, 15) is 21.6 Å². The summed E-state index contributed by atoms with van der Waals surface area (Å²) in [5, 5.41) is 0.0945. The number of nitrogens with zero attached hydrogens (tertiary/aromatic N) is 5. The van der Waals surface area contributed by atoms with Gasteiger partial charge in [-0.3, -0.25) is 4.79 Å². The number of hydrogen-bond donors (Lipinski definition) is 0. The number of piperazine rings is 1. The van der Waals surface area contributed by atoms with Crippen LogP contribution in [0.25, 0.3) is 5.57 Å². The summed E-state index contributed by atoms with van der Waals surface area (Å²) >= 11 is 6.85. The third kappa shape index (κ3) is 6.24. The van der Waals surface area contributed by atoms with Crippen molar-refractivity contribution >= 4 is 60.5 Å². The summed E-state index contributed by atoms with van der Waals surface area (Å²) in [6.07, 6.45) is 6.71. The SMILES string of the molecule is C=CC(=O)N1CCN(C2=NS(=O)(=O)N(c3ccccc3C(C)C)c3nc(C(/C=C\C)=C(/C=C)S(C)(=O)=O)c(Cl)cc32)[C@@H](C)C1. The third-order valence-corrected chi connectivity index (χ3v) is 10.1. The molecule has 0 bridgehead atoms. The van der Waals surface area contributed by atoms with Gasteiger partial charge in [-0.05, 0) is 43.5 Å². The van der Waals surface area contributed by atoms with Crippen molar-refractivity contribution in [3.8, 4) is 0 Å². The Hall–Kier alpha value is -3.74. The van der Waals surface area contributed by atoms with Gasteiger partial charge in [-0.1, -0.05) is 75.0 Å². The largest absolute Gasteiger partial charge is 0.352 e. The van der Waals surface area contributed by atoms with Gasteiger partial charge in [0.2, 0.25) is 5.91 Å². The first-order valence-electron chi connectivity index (χ1n) is 14.0. The number of carbonyl (C=O) groups excluding carboxylic acids is 1. The quantitative estimate of drug-likeness (QED) is 0.295. The molecule has 0 unspecified atom stereocenters. The number of amidine groups is 1. The molecule has 0 N–H and O–H groups in total. The number of pyridine rings is 1. The van der Waals surface area contributed by atoms with E-state index < -0.39 is 20.0 Å². The molecule has 1 aromatic carbocycles. The highest BCUT2D eigenvalue weighted by atomic mass is 35.5. The molecule has 0 saturated carbocycles. The Morgan fingerprint density at radius 1 is 1.16 bits per heavy atom.